The lowest BCUT2D eigenvalue weighted by atomic mass is 9.99. The minimum Gasteiger partial charge on any atom is -0.507 e. The number of phenolic OH excluding ortho intramolecular Hbond substituents is 1. The fraction of sp³-hybridized carbons (Fsp3) is 0.308. The third kappa shape index (κ3) is 8.02. The molecule has 5 rings (SSSR count). The topological polar surface area (TPSA) is 90.1 Å². The molecule has 0 fully saturated rings. The largest absolute Gasteiger partial charge is 0.507 e. The number of ether oxygens (including phenoxy) is 2. The molecule has 0 atom stereocenters. The van der Waals surface area contributed by atoms with Gasteiger partial charge in [0.1, 0.15) is 11.4 Å². The summed E-state index contributed by atoms with van der Waals surface area (Å²) >= 11 is 0. The van der Waals surface area contributed by atoms with Gasteiger partial charge < -0.3 is 19.0 Å². The van der Waals surface area contributed by atoms with Crippen LogP contribution in [0.1, 0.15) is 85.9 Å². The summed E-state index contributed by atoms with van der Waals surface area (Å²) in [4.78, 5) is 30.2. The molecule has 2 heterocycles. The third-order valence-electron chi connectivity index (χ3n) is 8.08. The Balaban J connectivity index is 1.43. The first-order valence-electron chi connectivity index (χ1n) is 16.3. The number of para-hydroxylation sites is 1. The molecule has 238 valence electrons. The van der Waals surface area contributed by atoms with Gasteiger partial charge in [-0.05, 0) is 72.0 Å². The van der Waals surface area contributed by atoms with Gasteiger partial charge in [-0.25, -0.2) is 14.6 Å². The summed E-state index contributed by atoms with van der Waals surface area (Å²) in [6, 6.07) is 24.0. The number of carbonyl (C=O) groups excluding carboxylic acids is 2. The average molecular weight is 619 g/mol. The molecule has 0 amide bonds. The lowest BCUT2D eigenvalue weighted by Crippen LogP contribution is -2.06. The monoisotopic (exact) mass is 618 g/mol. The van der Waals surface area contributed by atoms with Crippen molar-refractivity contribution in [2.45, 2.75) is 65.2 Å². The number of hydrogen-bond donors (Lipinski definition) is 1. The van der Waals surface area contributed by atoms with Crippen LogP contribution in [0.15, 0.2) is 91.3 Å². The normalized spacial score (nSPS) is 11.1. The Bertz CT molecular complexity index is 1760. The van der Waals surface area contributed by atoms with Crippen LogP contribution in [-0.2, 0) is 9.47 Å². The Hall–Kier alpha value is -4.91. The number of unbranched alkanes of at least 4 members (excludes halogenated alkanes) is 6. The van der Waals surface area contributed by atoms with E-state index in [1.807, 2.05) is 53.2 Å². The summed E-state index contributed by atoms with van der Waals surface area (Å²) in [5, 5.41) is 10.5. The zero-order chi connectivity index (χ0) is 32.3. The van der Waals surface area contributed by atoms with Gasteiger partial charge in [-0.2, -0.15) is 0 Å². The molecule has 0 saturated heterocycles. The summed E-state index contributed by atoms with van der Waals surface area (Å²) in [6.45, 7) is 5.15. The van der Waals surface area contributed by atoms with Crippen LogP contribution < -0.4 is 0 Å². The standard InChI is InChI=1S/C39H42N2O5/c1-3-5-7-11-23-45-38(43)30-19-15-28(16-20-30)32-25-34(29-17-21-31(22-18-29)39(44)46-24-12-8-6-4-2)37-40-35(27-41(37)26-32)33-13-9-10-14-36(33)42/h9-10,13-22,25-27,42H,3-8,11-12,23-24H2,1-2H3. The molecule has 3 aromatic carbocycles. The lowest BCUT2D eigenvalue weighted by Gasteiger charge is -2.11. The third-order valence-corrected chi connectivity index (χ3v) is 8.08. The second-order valence-corrected chi connectivity index (χ2v) is 11.6. The molecular formula is C39H42N2O5. The number of nitrogens with zero attached hydrogens (tertiary/aromatic N) is 2. The number of benzene rings is 3. The number of carbonyl (C=O) groups is 2. The van der Waals surface area contributed by atoms with Crippen LogP contribution >= 0.6 is 0 Å². The quantitative estimate of drug-likeness (QED) is 0.0928. The van der Waals surface area contributed by atoms with E-state index < -0.39 is 0 Å². The fourth-order valence-electron chi connectivity index (χ4n) is 5.43. The molecule has 7 nitrogen and oxygen atoms in total. The van der Waals surface area contributed by atoms with Crippen LogP contribution in [0.3, 0.4) is 0 Å². The highest BCUT2D eigenvalue weighted by molar-refractivity contribution is 5.92. The maximum absolute atomic E-state index is 12.6. The molecule has 1 N–H and O–H groups in total. The SMILES string of the molecule is CCCCCCOC(=O)c1ccc(-c2cc(-c3ccc(C(=O)OCCCCCC)cc3)c3nc(-c4ccccc4O)cn3c2)cc1. The van der Waals surface area contributed by atoms with Crippen LogP contribution in [0.5, 0.6) is 5.75 Å². The van der Waals surface area contributed by atoms with Crippen molar-refractivity contribution < 1.29 is 24.2 Å². The Morgan fingerprint density at radius 1 is 0.652 bits per heavy atom. The molecule has 0 spiro atoms. The van der Waals surface area contributed by atoms with Crippen molar-refractivity contribution in [1.29, 1.82) is 0 Å². The predicted octanol–water partition coefficient (Wildman–Crippen LogP) is 9.52. The molecule has 7 heteroatoms. The van der Waals surface area contributed by atoms with Gasteiger partial charge in [-0.1, -0.05) is 88.8 Å². The summed E-state index contributed by atoms with van der Waals surface area (Å²) in [5.74, 6) is -0.497. The molecule has 0 aliphatic carbocycles. The van der Waals surface area contributed by atoms with Crippen molar-refractivity contribution in [3.63, 3.8) is 0 Å². The number of pyridine rings is 1. The van der Waals surface area contributed by atoms with E-state index in [0.717, 1.165) is 73.6 Å². The minimum atomic E-state index is -0.329. The van der Waals surface area contributed by atoms with Crippen molar-refractivity contribution in [1.82, 2.24) is 9.38 Å². The zero-order valence-electron chi connectivity index (χ0n) is 26.7. The molecule has 2 aromatic heterocycles. The van der Waals surface area contributed by atoms with E-state index in [4.69, 9.17) is 14.5 Å². The second-order valence-electron chi connectivity index (χ2n) is 11.6. The van der Waals surface area contributed by atoms with Crippen LogP contribution in [0.2, 0.25) is 0 Å². The number of hydrogen-bond acceptors (Lipinski definition) is 6. The maximum atomic E-state index is 12.6. The first-order valence-corrected chi connectivity index (χ1v) is 16.3. The number of imidazole rings is 1. The molecular weight excluding hydrogens is 576 g/mol. The molecule has 0 unspecified atom stereocenters. The Labute approximate surface area is 270 Å². The fourth-order valence-corrected chi connectivity index (χ4v) is 5.43. The maximum Gasteiger partial charge on any atom is 0.338 e. The highest BCUT2D eigenvalue weighted by Crippen LogP contribution is 2.34. The summed E-state index contributed by atoms with van der Waals surface area (Å²) in [5.41, 5.74) is 6.55. The van der Waals surface area contributed by atoms with Crippen molar-refractivity contribution in [3.05, 3.63) is 102 Å². The lowest BCUT2D eigenvalue weighted by molar-refractivity contribution is 0.0488. The average Bonchev–Trinajstić information content (AvgIpc) is 3.52. The zero-order valence-corrected chi connectivity index (χ0v) is 26.7. The van der Waals surface area contributed by atoms with Gasteiger partial charge in [-0.3, -0.25) is 0 Å². The molecule has 0 bridgehead atoms. The van der Waals surface area contributed by atoms with Gasteiger partial charge in [0.15, 0.2) is 0 Å². The van der Waals surface area contributed by atoms with Crippen LogP contribution in [0.4, 0.5) is 0 Å². The van der Waals surface area contributed by atoms with Gasteiger partial charge in [0.2, 0.25) is 0 Å². The molecule has 0 aliphatic heterocycles. The second kappa shape index (κ2) is 15.9. The van der Waals surface area contributed by atoms with Gasteiger partial charge >= 0.3 is 11.9 Å². The van der Waals surface area contributed by atoms with E-state index in [2.05, 4.69) is 19.9 Å². The summed E-state index contributed by atoms with van der Waals surface area (Å²) < 4.78 is 12.9. The van der Waals surface area contributed by atoms with E-state index >= 15 is 0 Å². The van der Waals surface area contributed by atoms with Gasteiger partial charge in [0, 0.05) is 23.5 Å². The number of phenols is 1. The summed E-state index contributed by atoms with van der Waals surface area (Å²) in [6.07, 6.45) is 12.3. The smallest absolute Gasteiger partial charge is 0.338 e. The number of rotatable bonds is 15. The van der Waals surface area contributed by atoms with E-state index in [9.17, 15) is 14.7 Å². The van der Waals surface area contributed by atoms with Crippen LogP contribution in [0.25, 0.3) is 39.2 Å². The van der Waals surface area contributed by atoms with E-state index in [1.165, 1.54) is 0 Å². The predicted molar refractivity (Wildman–Crippen MR) is 182 cm³/mol. The number of aromatic nitrogens is 2. The molecule has 5 aromatic rings. The van der Waals surface area contributed by atoms with E-state index in [0.29, 0.717) is 41.2 Å². The van der Waals surface area contributed by atoms with E-state index in [1.54, 1.807) is 36.4 Å². The van der Waals surface area contributed by atoms with E-state index in [-0.39, 0.29) is 17.7 Å². The molecule has 46 heavy (non-hydrogen) atoms. The van der Waals surface area contributed by atoms with Gasteiger partial charge in [0.05, 0.1) is 30.0 Å². The minimum absolute atomic E-state index is 0.151. The Kier molecular flexibility index (Phi) is 11.2. The first kappa shape index (κ1) is 32.5. The van der Waals surface area contributed by atoms with Crippen LogP contribution in [0, 0.1) is 0 Å². The highest BCUT2D eigenvalue weighted by Gasteiger charge is 2.16. The summed E-state index contributed by atoms with van der Waals surface area (Å²) in [7, 11) is 0. The number of fused-ring (bicyclic) bond motifs is 1. The van der Waals surface area contributed by atoms with Crippen molar-refractivity contribution in [2.24, 2.45) is 0 Å². The van der Waals surface area contributed by atoms with Crippen LogP contribution in [-0.4, -0.2) is 39.6 Å². The molecule has 0 saturated carbocycles. The first-order chi connectivity index (χ1) is 22.5. The number of aromatic hydroxyl groups is 1. The Morgan fingerprint density at radius 3 is 1.78 bits per heavy atom. The highest BCUT2D eigenvalue weighted by atomic mass is 16.5. The molecule has 0 aliphatic rings. The van der Waals surface area contributed by atoms with Gasteiger partial charge in [-0.15, -0.1) is 0 Å². The van der Waals surface area contributed by atoms with Crippen molar-refractivity contribution in [3.8, 4) is 39.3 Å². The number of esters is 2. The van der Waals surface area contributed by atoms with Gasteiger partial charge in [0.25, 0.3) is 0 Å². The molecule has 0 radical (unpaired) electrons. The van der Waals surface area contributed by atoms with Crippen molar-refractivity contribution >= 4 is 17.6 Å². The van der Waals surface area contributed by atoms with Crippen molar-refractivity contribution in [2.75, 3.05) is 13.2 Å². The Morgan fingerprint density at radius 2 is 1.22 bits per heavy atom.